The molecule has 0 atom stereocenters. The molecule has 15 heavy (non-hydrogen) atoms. The van der Waals surface area contributed by atoms with Crippen molar-refractivity contribution in [2.24, 2.45) is 0 Å². The van der Waals surface area contributed by atoms with Crippen LogP contribution in [0.25, 0.3) is 0 Å². The molecule has 0 bridgehead atoms. The van der Waals surface area contributed by atoms with Crippen LogP contribution in [0.3, 0.4) is 0 Å². The van der Waals surface area contributed by atoms with E-state index in [1.807, 2.05) is 24.3 Å². The number of ether oxygens (including phenoxy) is 1. The van der Waals surface area contributed by atoms with Crippen molar-refractivity contribution in [3.63, 3.8) is 0 Å². The second-order valence-corrected chi connectivity index (χ2v) is 3.75. The summed E-state index contributed by atoms with van der Waals surface area (Å²) in [6.07, 6.45) is 0.901. The maximum Gasteiger partial charge on any atom is 0.309 e. The number of methoxy groups -OCH3 is 1. The maximum atomic E-state index is 11.0. The van der Waals surface area contributed by atoms with E-state index in [1.54, 1.807) is 0 Å². The van der Waals surface area contributed by atoms with E-state index in [1.165, 1.54) is 7.11 Å². The van der Waals surface area contributed by atoms with E-state index in [-0.39, 0.29) is 12.4 Å². The Labute approximate surface area is 94.5 Å². The van der Waals surface area contributed by atoms with Crippen molar-refractivity contribution in [3.8, 4) is 0 Å². The van der Waals surface area contributed by atoms with Crippen LogP contribution in [0.1, 0.15) is 12.0 Å². The fourth-order valence-corrected chi connectivity index (χ4v) is 1.49. The molecule has 1 rings (SSSR count). The Morgan fingerprint density at radius 2 is 2.27 bits per heavy atom. The van der Waals surface area contributed by atoms with Gasteiger partial charge in [0.05, 0.1) is 13.5 Å². The molecule has 0 heterocycles. The summed E-state index contributed by atoms with van der Waals surface area (Å²) in [6, 6.07) is 7.51. The lowest BCUT2D eigenvalue weighted by Crippen LogP contribution is -2.02. The predicted octanol–water partition coefficient (Wildman–Crippen LogP) is 3.00. The summed E-state index contributed by atoms with van der Waals surface area (Å²) in [5.41, 5.74) is 1.88. The number of esters is 1. The largest absolute Gasteiger partial charge is 0.469 e. The van der Waals surface area contributed by atoms with Gasteiger partial charge in [0.1, 0.15) is 0 Å². The van der Waals surface area contributed by atoms with Gasteiger partial charge in [-0.2, -0.15) is 0 Å². The van der Waals surface area contributed by atoms with E-state index in [0.717, 1.165) is 11.1 Å². The van der Waals surface area contributed by atoms with Crippen molar-refractivity contribution < 1.29 is 9.53 Å². The highest BCUT2D eigenvalue weighted by molar-refractivity contribution is 6.30. The highest BCUT2D eigenvalue weighted by atomic mass is 35.5. The zero-order valence-electron chi connectivity index (χ0n) is 8.63. The number of halogens is 1. The quantitative estimate of drug-likeness (QED) is 0.581. The monoisotopic (exact) mass is 224 g/mol. The summed E-state index contributed by atoms with van der Waals surface area (Å²) >= 11 is 5.84. The van der Waals surface area contributed by atoms with Gasteiger partial charge in [0.25, 0.3) is 0 Å². The molecule has 2 nitrogen and oxygen atoms in total. The van der Waals surface area contributed by atoms with Crippen LogP contribution in [0.15, 0.2) is 36.4 Å². The number of rotatable bonds is 4. The lowest BCUT2D eigenvalue weighted by atomic mass is 10.0. The molecule has 0 saturated heterocycles. The summed E-state index contributed by atoms with van der Waals surface area (Å²) in [4.78, 5) is 11.0. The van der Waals surface area contributed by atoms with E-state index in [0.29, 0.717) is 11.4 Å². The summed E-state index contributed by atoms with van der Waals surface area (Å²) in [5, 5.41) is 0.693. The number of carbonyl (C=O) groups is 1. The summed E-state index contributed by atoms with van der Waals surface area (Å²) in [6.45, 7) is 3.82. The van der Waals surface area contributed by atoms with Crippen molar-refractivity contribution in [3.05, 3.63) is 47.0 Å². The molecule has 0 N–H and O–H groups in total. The van der Waals surface area contributed by atoms with Crippen LogP contribution in [0, 0.1) is 0 Å². The first kappa shape index (κ1) is 11.8. The van der Waals surface area contributed by atoms with E-state index in [9.17, 15) is 4.79 Å². The second-order valence-electron chi connectivity index (χ2n) is 3.31. The minimum Gasteiger partial charge on any atom is -0.469 e. The number of carbonyl (C=O) groups excluding carboxylic acids is 1. The van der Waals surface area contributed by atoms with Gasteiger partial charge in [-0.25, -0.2) is 0 Å². The molecular formula is C12H13ClO2. The molecule has 0 unspecified atom stereocenters. The van der Waals surface area contributed by atoms with Crippen LogP contribution in [-0.2, 0) is 16.0 Å². The first-order chi connectivity index (χ1) is 7.11. The van der Waals surface area contributed by atoms with Gasteiger partial charge in [-0.1, -0.05) is 35.9 Å². The Morgan fingerprint density at radius 3 is 2.87 bits per heavy atom. The fourth-order valence-electron chi connectivity index (χ4n) is 1.27. The average molecular weight is 225 g/mol. The number of benzene rings is 1. The first-order valence-electron chi connectivity index (χ1n) is 4.59. The van der Waals surface area contributed by atoms with Gasteiger partial charge in [-0.3, -0.25) is 4.79 Å². The molecule has 1 aromatic rings. The smallest absolute Gasteiger partial charge is 0.309 e. The molecule has 0 fully saturated rings. The van der Waals surface area contributed by atoms with Crippen LogP contribution >= 0.6 is 11.6 Å². The van der Waals surface area contributed by atoms with Crippen molar-refractivity contribution >= 4 is 17.6 Å². The SMILES string of the molecule is C=C(CC(=O)OC)Cc1cccc(Cl)c1. The van der Waals surface area contributed by atoms with Gasteiger partial charge in [0.2, 0.25) is 0 Å². The Balaban J connectivity index is 2.55. The number of hydrogen-bond donors (Lipinski definition) is 0. The normalized spacial score (nSPS) is 9.73. The van der Waals surface area contributed by atoms with Crippen LogP contribution in [0.2, 0.25) is 5.02 Å². The molecule has 1 aromatic carbocycles. The van der Waals surface area contributed by atoms with E-state index >= 15 is 0 Å². The summed E-state index contributed by atoms with van der Waals surface area (Å²) in [7, 11) is 1.37. The van der Waals surface area contributed by atoms with E-state index in [4.69, 9.17) is 11.6 Å². The summed E-state index contributed by atoms with van der Waals surface area (Å²) < 4.78 is 4.56. The summed E-state index contributed by atoms with van der Waals surface area (Å²) in [5.74, 6) is -0.262. The van der Waals surface area contributed by atoms with Crippen LogP contribution in [0.4, 0.5) is 0 Å². The molecule has 0 amide bonds. The Hall–Kier alpha value is -1.28. The van der Waals surface area contributed by atoms with Crippen LogP contribution < -0.4 is 0 Å². The topological polar surface area (TPSA) is 26.3 Å². The van der Waals surface area contributed by atoms with Gasteiger partial charge in [0.15, 0.2) is 0 Å². The molecular weight excluding hydrogens is 212 g/mol. The van der Waals surface area contributed by atoms with Crippen LogP contribution in [-0.4, -0.2) is 13.1 Å². The number of hydrogen-bond acceptors (Lipinski definition) is 2. The standard InChI is InChI=1S/C12H13ClO2/c1-9(7-12(14)15-2)6-10-4-3-5-11(13)8-10/h3-5,8H,1,6-7H2,2H3. The van der Waals surface area contributed by atoms with E-state index < -0.39 is 0 Å². The molecule has 0 saturated carbocycles. The molecule has 0 aliphatic heterocycles. The van der Waals surface area contributed by atoms with Gasteiger partial charge >= 0.3 is 5.97 Å². The Morgan fingerprint density at radius 1 is 1.53 bits per heavy atom. The Kier molecular flexibility index (Phi) is 4.37. The third-order valence-corrected chi connectivity index (χ3v) is 2.20. The van der Waals surface area contributed by atoms with Gasteiger partial charge in [-0.05, 0) is 24.1 Å². The minimum absolute atomic E-state index is 0.253. The maximum absolute atomic E-state index is 11.0. The third kappa shape index (κ3) is 4.17. The molecule has 0 radical (unpaired) electrons. The fraction of sp³-hybridized carbons (Fsp3) is 0.250. The van der Waals surface area contributed by atoms with Crippen molar-refractivity contribution in [2.75, 3.05) is 7.11 Å². The molecule has 0 aliphatic rings. The molecule has 0 spiro atoms. The lowest BCUT2D eigenvalue weighted by Gasteiger charge is -2.04. The van der Waals surface area contributed by atoms with Crippen molar-refractivity contribution in [1.29, 1.82) is 0 Å². The van der Waals surface area contributed by atoms with Crippen molar-refractivity contribution in [2.45, 2.75) is 12.8 Å². The predicted molar refractivity (Wildman–Crippen MR) is 60.9 cm³/mol. The first-order valence-corrected chi connectivity index (χ1v) is 4.97. The van der Waals surface area contributed by atoms with Crippen molar-refractivity contribution in [1.82, 2.24) is 0 Å². The van der Waals surface area contributed by atoms with E-state index in [2.05, 4.69) is 11.3 Å². The van der Waals surface area contributed by atoms with Crippen LogP contribution in [0.5, 0.6) is 0 Å². The average Bonchev–Trinajstić information content (AvgIpc) is 2.17. The highest BCUT2D eigenvalue weighted by Crippen LogP contribution is 2.15. The zero-order chi connectivity index (χ0) is 11.3. The highest BCUT2D eigenvalue weighted by Gasteiger charge is 2.04. The van der Waals surface area contributed by atoms with Gasteiger partial charge in [-0.15, -0.1) is 0 Å². The minimum atomic E-state index is -0.262. The van der Waals surface area contributed by atoms with Gasteiger partial charge in [0, 0.05) is 5.02 Å². The zero-order valence-corrected chi connectivity index (χ0v) is 9.38. The molecule has 0 aromatic heterocycles. The van der Waals surface area contributed by atoms with Gasteiger partial charge < -0.3 is 4.74 Å². The third-order valence-electron chi connectivity index (χ3n) is 1.97. The molecule has 3 heteroatoms. The Bertz CT molecular complexity index is 372. The lowest BCUT2D eigenvalue weighted by molar-refractivity contribution is -0.139. The molecule has 0 aliphatic carbocycles. The molecule has 80 valence electrons. The second kappa shape index (κ2) is 5.56.